The zero-order chi connectivity index (χ0) is 16.4. The minimum atomic E-state index is -4.47. The molecule has 0 radical (unpaired) electrons. The fraction of sp³-hybridized carbons (Fsp3) is 0.500. The third-order valence-corrected chi connectivity index (χ3v) is 3.48. The number of hydrogen-bond acceptors (Lipinski definition) is 2. The molecule has 0 aromatic heterocycles. The van der Waals surface area contributed by atoms with Crippen LogP contribution in [0.3, 0.4) is 0 Å². The van der Waals surface area contributed by atoms with E-state index in [0.29, 0.717) is 0 Å². The molecule has 3 nitrogen and oxygen atoms in total. The van der Waals surface area contributed by atoms with Gasteiger partial charge in [-0.25, -0.2) is 0 Å². The second-order valence-electron chi connectivity index (χ2n) is 5.95. The monoisotopic (exact) mass is 366 g/mol. The van der Waals surface area contributed by atoms with Crippen LogP contribution >= 0.6 is 15.9 Å². The first-order chi connectivity index (χ1) is 9.39. The van der Waals surface area contributed by atoms with Gasteiger partial charge >= 0.3 is 6.18 Å². The number of anilines is 1. The van der Waals surface area contributed by atoms with Gasteiger partial charge in [-0.2, -0.15) is 13.2 Å². The normalized spacial score (nSPS) is 13.9. The number of hydrogen-bond donors (Lipinski definition) is 2. The summed E-state index contributed by atoms with van der Waals surface area (Å²) in [6.07, 6.45) is -4.43. The Kier molecular flexibility index (Phi) is 5.44. The number of carbonyl (C=O) groups excluding carboxylic acids is 1. The van der Waals surface area contributed by atoms with Gasteiger partial charge in [-0.3, -0.25) is 4.79 Å². The van der Waals surface area contributed by atoms with Crippen molar-refractivity contribution in [2.45, 2.75) is 39.4 Å². The molecule has 1 atom stereocenters. The molecule has 1 rings (SSSR count). The second-order valence-corrected chi connectivity index (χ2v) is 6.87. The summed E-state index contributed by atoms with van der Waals surface area (Å²) in [4.78, 5) is 11.9. The third kappa shape index (κ3) is 5.67. The van der Waals surface area contributed by atoms with Crippen LogP contribution in [0.15, 0.2) is 22.7 Å². The maximum absolute atomic E-state index is 12.7. The van der Waals surface area contributed by atoms with Crippen molar-refractivity contribution >= 4 is 27.5 Å². The van der Waals surface area contributed by atoms with Gasteiger partial charge in [-0.15, -0.1) is 0 Å². The first kappa shape index (κ1) is 18.0. The molecule has 1 aromatic rings. The smallest absolute Gasteiger partial charge is 0.327 e. The number of nitrogens with one attached hydrogen (secondary N) is 1. The number of benzene rings is 1. The SMILES string of the molecule is CC(C)(C)C(N)CC(=O)Nc1cc(Br)cc(C(F)(F)F)c1. The molecule has 1 unspecified atom stereocenters. The number of alkyl halides is 3. The molecule has 0 aliphatic carbocycles. The molecule has 0 aliphatic rings. The standard InChI is InChI=1S/C14H18BrF3N2O/c1-13(2,3)11(19)7-12(21)20-10-5-8(14(16,17)18)4-9(15)6-10/h4-6,11H,7,19H2,1-3H3,(H,20,21). The Morgan fingerprint density at radius 2 is 1.86 bits per heavy atom. The van der Waals surface area contributed by atoms with E-state index < -0.39 is 17.6 Å². The van der Waals surface area contributed by atoms with Gasteiger partial charge in [0.2, 0.25) is 5.91 Å². The lowest BCUT2D eigenvalue weighted by molar-refractivity contribution is -0.137. The van der Waals surface area contributed by atoms with Gasteiger partial charge in [0.15, 0.2) is 0 Å². The minimum Gasteiger partial charge on any atom is -0.327 e. The first-order valence-corrected chi connectivity index (χ1v) is 7.12. The zero-order valence-electron chi connectivity index (χ0n) is 12.0. The number of nitrogens with two attached hydrogens (primary N) is 1. The summed E-state index contributed by atoms with van der Waals surface area (Å²) in [5.74, 6) is -0.413. The molecular formula is C14H18BrF3N2O. The summed E-state index contributed by atoms with van der Waals surface area (Å²) in [6.45, 7) is 5.68. The average Bonchev–Trinajstić information content (AvgIpc) is 2.25. The van der Waals surface area contributed by atoms with Gasteiger partial charge in [0, 0.05) is 22.6 Å². The molecule has 0 heterocycles. The molecule has 1 aromatic carbocycles. The molecular weight excluding hydrogens is 349 g/mol. The maximum atomic E-state index is 12.7. The molecule has 1 amide bonds. The highest BCUT2D eigenvalue weighted by Gasteiger charge is 2.31. The van der Waals surface area contributed by atoms with Crippen LogP contribution in [0.25, 0.3) is 0 Å². The maximum Gasteiger partial charge on any atom is 0.416 e. The number of halogens is 4. The highest BCUT2D eigenvalue weighted by atomic mass is 79.9. The topological polar surface area (TPSA) is 55.1 Å². The van der Waals surface area contributed by atoms with Crippen LogP contribution in [-0.2, 0) is 11.0 Å². The van der Waals surface area contributed by atoms with E-state index in [4.69, 9.17) is 5.73 Å². The Bertz CT molecular complexity index is 524. The van der Waals surface area contributed by atoms with E-state index >= 15 is 0 Å². The Morgan fingerprint density at radius 1 is 1.29 bits per heavy atom. The molecule has 21 heavy (non-hydrogen) atoms. The molecule has 118 valence electrons. The van der Waals surface area contributed by atoms with Gasteiger partial charge in [-0.1, -0.05) is 36.7 Å². The summed E-state index contributed by atoms with van der Waals surface area (Å²) >= 11 is 3.00. The highest BCUT2D eigenvalue weighted by molar-refractivity contribution is 9.10. The average molecular weight is 367 g/mol. The summed E-state index contributed by atoms with van der Waals surface area (Å²) in [5.41, 5.74) is 4.89. The summed E-state index contributed by atoms with van der Waals surface area (Å²) in [6, 6.07) is 2.88. The van der Waals surface area contributed by atoms with Crippen molar-refractivity contribution in [3.8, 4) is 0 Å². The van der Waals surface area contributed by atoms with Crippen LogP contribution < -0.4 is 11.1 Å². The molecule has 0 spiro atoms. The summed E-state index contributed by atoms with van der Waals surface area (Å²) in [5, 5.41) is 2.45. The van der Waals surface area contributed by atoms with Crippen LogP contribution in [-0.4, -0.2) is 11.9 Å². The minimum absolute atomic E-state index is 0.0391. The molecule has 7 heteroatoms. The van der Waals surface area contributed by atoms with E-state index in [9.17, 15) is 18.0 Å². The molecule has 0 fully saturated rings. The van der Waals surface area contributed by atoms with Gasteiger partial charge < -0.3 is 11.1 Å². The van der Waals surface area contributed by atoms with Gasteiger partial charge in [0.25, 0.3) is 0 Å². The Balaban J connectivity index is 2.84. The van der Waals surface area contributed by atoms with Crippen molar-refractivity contribution in [3.63, 3.8) is 0 Å². The van der Waals surface area contributed by atoms with Crippen molar-refractivity contribution < 1.29 is 18.0 Å². The van der Waals surface area contributed by atoms with Crippen molar-refractivity contribution in [3.05, 3.63) is 28.2 Å². The second kappa shape index (κ2) is 6.36. The lowest BCUT2D eigenvalue weighted by Gasteiger charge is -2.26. The largest absolute Gasteiger partial charge is 0.416 e. The van der Waals surface area contributed by atoms with Crippen molar-refractivity contribution in [2.24, 2.45) is 11.1 Å². The predicted molar refractivity (Wildman–Crippen MR) is 79.8 cm³/mol. The fourth-order valence-electron chi connectivity index (χ4n) is 1.54. The summed E-state index contributed by atoms with van der Waals surface area (Å²) in [7, 11) is 0. The Hall–Kier alpha value is -1.08. The van der Waals surface area contributed by atoms with Gasteiger partial charge in [0.05, 0.1) is 5.56 Å². The van der Waals surface area contributed by atoms with Crippen LogP contribution in [0.2, 0.25) is 0 Å². The first-order valence-electron chi connectivity index (χ1n) is 6.33. The van der Waals surface area contributed by atoms with Crippen molar-refractivity contribution in [2.75, 3.05) is 5.32 Å². The number of rotatable bonds is 3. The van der Waals surface area contributed by atoms with Crippen molar-refractivity contribution in [1.29, 1.82) is 0 Å². The Labute approximate surface area is 130 Å². The highest BCUT2D eigenvalue weighted by Crippen LogP contribution is 2.33. The number of carbonyl (C=O) groups is 1. The van der Waals surface area contributed by atoms with Crippen LogP contribution in [0.1, 0.15) is 32.8 Å². The van der Waals surface area contributed by atoms with Crippen LogP contribution in [0.5, 0.6) is 0 Å². The molecule has 0 saturated heterocycles. The zero-order valence-corrected chi connectivity index (χ0v) is 13.6. The molecule has 0 aliphatic heterocycles. The van der Waals surface area contributed by atoms with E-state index in [0.717, 1.165) is 12.1 Å². The lowest BCUT2D eigenvalue weighted by atomic mass is 9.85. The van der Waals surface area contributed by atoms with E-state index in [1.807, 2.05) is 20.8 Å². The molecule has 3 N–H and O–H groups in total. The van der Waals surface area contributed by atoms with Gasteiger partial charge in [0.1, 0.15) is 0 Å². The molecule has 0 bridgehead atoms. The third-order valence-electron chi connectivity index (χ3n) is 3.03. The van der Waals surface area contributed by atoms with E-state index in [1.165, 1.54) is 6.07 Å². The quantitative estimate of drug-likeness (QED) is 0.843. The lowest BCUT2D eigenvalue weighted by Crippen LogP contribution is -2.38. The predicted octanol–water partition coefficient (Wildman–Crippen LogP) is 4.17. The van der Waals surface area contributed by atoms with Crippen LogP contribution in [0.4, 0.5) is 18.9 Å². The Morgan fingerprint density at radius 3 is 2.33 bits per heavy atom. The summed E-state index contributed by atoms with van der Waals surface area (Å²) < 4.78 is 38.3. The number of amides is 1. The van der Waals surface area contributed by atoms with E-state index in [2.05, 4.69) is 21.2 Å². The molecule has 0 saturated carbocycles. The fourth-order valence-corrected chi connectivity index (χ4v) is 2.04. The van der Waals surface area contributed by atoms with E-state index in [-0.39, 0.29) is 28.0 Å². The van der Waals surface area contributed by atoms with E-state index in [1.54, 1.807) is 0 Å². The van der Waals surface area contributed by atoms with Crippen molar-refractivity contribution in [1.82, 2.24) is 0 Å². The van der Waals surface area contributed by atoms with Gasteiger partial charge in [-0.05, 0) is 23.6 Å². The van der Waals surface area contributed by atoms with Crippen LogP contribution in [0, 0.1) is 5.41 Å².